The van der Waals surface area contributed by atoms with Gasteiger partial charge in [0, 0.05) is 9.90 Å². The Morgan fingerprint density at radius 2 is 1.79 bits per heavy atom. The van der Waals surface area contributed by atoms with Crippen LogP contribution in [-0.4, -0.2) is 26.8 Å². The third kappa shape index (κ3) is 5.72. The number of nitrogens with zero attached hydrogens (tertiary/aromatic N) is 1. The molecular weight excluding hydrogens is 486 g/mol. The summed E-state index contributed by atoms with van der Waals surface area (Å²) in [6.07, 6.45) is 0. The number of anilines is 1. The van der Waals surface area contributed by atoms with E-state index in [9.17, 15) is 18.0 Å². The summed E-state index contributed by atoms with van der Waals surface area (Å²) >= 11 is 7.34. The van der Waals surface area contributed by atoms with E-state index in [1.165, 1.54) is 18.2 Å². The van der Waals surface area contributed by atoms with Gasteiger partial charge in [-0.25, -0.2) is 13.2 Å². The second-order valence-corrected chi connectivity index (χ2v) is 10.6. The van der Waals surface area contributed by atoms with Gasteiger partial charge in [0.05, 0.1) is 17.1 Å². The molecule has 3 N–H and O–H groups in total. The van der Waals surface area contributed by atoms with Crippen molar-refractivity contribution >= 4 is 50.5 Å². The number of carbonyl (C=O) groups excluding carboxylic acids is 2. The van der Waals surface area contributed by atoms with Crippen LogP contribution in [0.3, 0.4) is 0 Å². The monoisotopic (exact) mass is 507 g/mol. The van der Waals surface area contributed by atoms with E-state index >= 15 is 0 Å². The highest BCUT2D eigenvalue weighted by molar-refractivity contribution is 7.92. The molecule has 2 aromatic carbocycles. The maximum atomic E-state index is 13.5. The zero-order valence-corrected chi connectivity index (χ0v) is 20.3. The first kappa shape index (κ1) is 24.7. The molecule has 11 heteroatoms. The zero-order valence-electron chi connectivity index (χ0n) is 17.9. The highest BCUT2D eigenvalue weighted by Gasteiger charge is 2.28. The van der Waals surface area contributed by atoms with Crippen molar-refractivity contribution in [3.8, 4) is 0 Å². The van der Waals surface area contributed by atoms with Crippen molar-refractivity contribution in [3.05, 3.63) is 80.5 Å². The Morgan fingerprint density at radius 1 is 1.09 bits per heavy atom. The van der Waals surface area contributed by atoms with Gasteiger partial charge < -0.3 is 10.2 Å². The largest absolute Gasteiger partial charge is 0.369 e. The van der Waals surface area contributed by atoms with Gasteiger partial charge in [-0.2, -0.15) is 5.90 Å². The van der Waals surface area contributed by atoms with Crippen molar-refractivity contribution in [2.45, 2.75) is 25.3 Å². The summed E-state index contributed by atoms with van der Waals surface area (Å²) in [6.45, 7) is 3.19. The van der Waals surface area contributed by atoms with Crippen molar-refractivity contribution in [2.75, 3.05) is 10.8 Å². The molecule has 0 aliphatic heterocycles. The second kappa shape index (κ2) is 10.3. The van der Waals surface area contributed by atoms with Crippen LogP contribution in [0.4, 0.5) is 5.69 Å². The van der Waals surface area contributed by atoms with Crippen LogP contribution in [0.15, 0.2) is 59.5 Å². The predicted octanol–water partition coefficient (Wildman–Crippen LogP) is 3.56. The number of amides is 1. The number of hydrogen-bond donors (Lipinski definition) is 2. The molecule has 0 saturated heterocycles. The summed E-state index contributed by atoms with van der Waals surface area (Å²) < 4.78 is 28.0. The molecule has 0 bridgehead atoms. The fourth-order valence-corrected chi connectivity index (χ4v) is 5.49. The summed E-state index contributed by atoms with van der Waals surface area (Å²) in [5.74, 6) is 3.68. The lowest BCUT2D eigenvalue weighted by Gasteiger charge is -2.26. The number of thiophene rings is 1. The van der Waals surface area contributed by atoms with Gasteiger partial charge >= 0.3 is 5.97 Å². The number of hydrogen-bond acceptors (Lipinski definition) is 7. The molecule has 174 valence electrons. The van der Waals surface area contributed by atoms with Gasteiger partial charge in [-0.3, -0.25) is 9.10 Å². The van der Waals surface area contributed by atoms with Crippen molar-refractivity contribution in [1.29, 1.82) is 0 Å². The van der Waals surface area contributed by atoms with Gasteiger partial charge in [0.25, 0.3) is 10.0 Å². The van der Waals surface area contributed by atoms with Gasteiger partial charge in [-0.1, -0.05) is 35.4 Å². The number of rotatable bonds is 8. The summed E-state index contributed by atoms with van der Waals surface area (Å²) in [5, 5.41) is 3.07. The van der Waals surface area contributed by atoms with Crippen LogP contribution in [0.2, 0.25) is 5.02 Å². The van der Waals surface area contributed by atoms with E-state index in [1.54, 1.807) is 43.3 Å². The first-order valence-corrected chi connectivity index (χ1v) is 12.4. The predicted molar refractivity (Wildman–Crippen MR) is 128 cm³/mol. The molecule has 0 aliphatic carbocycles. The van der Waals surface area contributed by atoms with Gasteiger partial charge in [-0.15, -0.1) is 11.3 Å². The van der Waals surface area contributed by atoms with E-state index in [4.69, 9.17) is 17.5 Å². The van der Waals surface area contributed by atoms with Crippen molar-refractivity contribution in [3.63, 3.8) is 0 Å². The van der Waals surface area contributed by atoms with E-state index in [1.807, 2.05) is 6.92 Å². The summed E-state index contributed by atoms with van der Waals surface area (Å²) in [5.41, 5.74) is 1.75. The van der Waals surface area contributed by atoms with E-state index < -0.39 is 28.4 Å². The lowest BCUT2D eigenvalue weighted by Crippen LogP contribution is -2.41. The fraction of sp³-hybridized carbons (Fsp3) is 0.182. The molecule has 0 fully saturated rings. The van der Waals surface area contributed by atoms with Gasteiger partial charge in [0.15, 0.2) is 0 Å². The minimum Gasteiger partial charge on any atom is -0.369 e. The molecule has 1 aromatic heterocycles. The molecule has 1 amide bonds. The number of aryl methyl sites for hydroxylation is 1. The Hall–Kier alpha value is -2.92. The standard InChI is InChI=1S/C22H22ClN3O5S2/c1-14-6-9-17(10-7-14)33(29,30)26(19-5-3-4-18(23)15(19)2)13-21(27)25-12-16-8-11-20(32-16)22(28)31-24/h3-11H,12-13,24H2,1-2H3,(H,25,27). The van der Waals surface area contributed by atoms with E-state index in [2.05, 4.69) is 10.2 Å². The average Bonchev–Trinajstić information content (AvgIpc) is 3.27. The molecule has 8 nitrogen and oxygen atoms in total. The average molecular weight is 508 g/mol. The first-order chi connectivity index (χ1) is 15.6. The highest BCUT2D eigenvalue weighted by Crippen LogP contribution is 2.31. The molecule has 0 saturated carbocycles. The molecule has 0 radical (unpaired) electrons. The maximum absolute atomic E-state index is 13.5. The van der Waals surface area contributed by atoms with Crippen LogP contribution in [0.25, 0.3) is 0 Å². The van der Waals surface area contributed by atoms with E-state index in [0.717, 1.165) is 21.2 Å². The lowest BCUT2D eigenvalue weighted by molar-refractivity contribution is -0.119. The van der Waals surface area contributed by atoms with Crippen LogP contribution in [0.1, 0.15) is 25.7 Å². The maximum Gasteiger partial charge on any atom is 0.366 e. The zero-order chi connectivity index (χ0) is 24.2. The summed E-state index contributed by atoms with van der Waals surface area (Å²) in [6, 6.07) is 14.4. The molecule has 1 heterocycles. The van der Waals surface area contributed by atoms with Gasteiger partial charge in [-0.05, 0) is 55.8 Å². The van der Waals surface area contributed by atoms with Crippen LogP contribution in [-0.2, 0) is 26.2 Å². The fourth-order valence-electron chi connectivity index (χ4n) is 3.02. The van der Waals surface area contributed by atoms with Crippen LogP contribution >= 0.6 is 22.9 Å². The Labute approximate surface area is 200 Å². The number of carbonyl (C=O) groups is 2. The number of nitrogens with one attached hydrogen (secondary N) is 1. The number of sulfonamides is 1. The molecule has 3 aromatic rings. The van der Waals surface area contributed by atoms with Crippen LogP contribution in [0, 0.1) is 13.8 Å². The SMILES string of the molecule is Cc1ccc(S(=O)(=O)N(CC(=O)NCc2ccc(C(=O)ON)s2)c2cccc(Cl)c2C)cc1. The molecule has 0 atom stereocenters. The molecule has 0 aliphatic rings. The first-order valence-electron chi connectivity index (χ1n) is 9.74. The number of nitrogens with two attached hydrogens (primary N) is 1. The summed E-state index contributed by atoms with van der Waals surface area (Å²) in [7, 11) is -4.06. The van der Waals surface area contributed by atoms with Crippen molar-refractivity contribution in [2.24, 2.45) is 5.90 Å². The smallest absolute Gasteiger partial charge is 0.366 e. The van der Waals surface area contributed by atoms with E-state index in [-0.39, 0.29) is 11.4 Å². The highest BCUT2D eigenvalue weighted by atomic mass is 35.5. The molecule has 33 heavy (non-hydrogen) atoms. The van der Waals surface area contributed by atoms with E-state index in [0.29, 0.717) is 26.0 Å². The van der Waals surface area contributed by atoms with Crippen molar-refractivity contribution < 1.29 is 22.8 Å². The molecule has 3 rings (SSSR count). The number of benzene rings is 2. The topological polar surface area (TPSA) is 119 Å². The Balaban J connectivity index is 1.86. The normalized spacial score (nSPS) is 11.2. The quantitative estimate of drug-likeness (QED) is 0.450. The summed E-state index contributed by atoms with van der Waals surface area (Å²) in [4.78, 5) is 29.5. The van der Waals surface area contributed by atoms with Gasteiger partial charge in [0.1, 0.15) is 11.4 Å². The Morgan fingerprint density at radius 3 is 2.45 bits per heavy atom. The Kier molecular flexibility index (Phi) is 7.75. The Bertz CT molecular complexity index is 1270. The second-order valence-electron chi connectivity index (χ2n) is 7.16. The lowest BCUT2D eigenvalue weighted by atomic mass is 10.2. The van der Waals surface area contributed by atoms with Crippen molar-refractivity contribution in [1.82, 2.24) is 5.32 Å². The number of halogens is 1. The molecule has 0 unspecified atom stereocenters. The third-order valence-corrected chi connectivity index (χ3v) is 8.08. The third-order valence-electron chi connectivity index (χ3n) is 4.83. The molecule has 0 spiro atoms. The van der Waals surface area contributed by atoms with Gasteiger partial charge in [0.2, 0.25) is 5.91 Å². The molecular formula is C22H22ClN3O5S2. The minimum atomic E-state index is -4.06. The minimum absolute atomic E-state index is 0.0588. The van der Waals surface area contributed by atoms with Crippen LogP contribution < -0.4 is 15.5 Å². The van der Waals surface area contributed by atoms with Crippen LogP contribution in [0.5, 0.6) is 0 Å².